The van der Waals surface area contributed by atoms with Gasteiger partial charge in [0, 0.05) is 41.3 Å². The number of benzene rings is 2. The monoisotopic (exact) mass is 729 g/mol. The Hall–Kier alpha value is -3.88. The summed E-state index contributed by atoms with van der Waals surface area (Å²) in [6, 6.07) is 11.0. The molecule has 47 heavy (non-hydrogen) atoms. The number of nitrogens with one attached hydrogen (secondary N) is 5. The number of hydrogen-bond acceptors (Lipinski definition) is 7. The van der Waals surface area contributed by atoms with Gasteiger partial charge in [0.15, 0.2) is 0 Å². The molecule has 0 aliphatic rings. The summed E-state index contributed by atoms with van der Waals surface area (Å²) in [4.78, 5) is 68.4. The zero-order valence-corrected chi connectivity index (χ0v) is 29.0. The summed E-state index contributed by atoms with van der Waals surface area (Å²) < 4.78 is 0.817. The molecule has 12 nitrogen and oxygen atoms in total. The molecule has 1 aromatic heterocycles. The Labute approximate surface area is 287 Å². The Balaban J connectivity index is 1.77. The van der Waals surface area contributed by atoms with Crippen molar-refractivity contribution in [3.63, 3.8) is 0 Å². The minimum absolute atomic E-state index is 0.164. The number of aromatic amines is 1. The fourth-order valence-electron chi connectivity index (χ4n) is 5.18. The number of carbonyl (C=O) groups excluding carboxylic acids is 5. The third-order valence-electron chi connectivity index (χ3n) is 7.61. The van der Waals surface area contributed by atoms with Crippen molar-refractivity contribution in [1.82, 2.24) is 26.3 Å². The molecule has 3 rings (SSSR count). The lowest BCUT2D eigenvalue weighted by atomic mass is 10.0. The van der Waals surface area contributed by atoms with Gasteiger partial charge in [0.2, 0.25) is 29.5 Å². The number of para-hydroxylation sites is 1. The molecule has 254 valence electrons. The van der Waals surface area contributed by atoms with Gasteiger partial charge < -0.3 is 37.7 Å². The van der Waals surface area contributed by atoms with Gasteiger partial charge in [-0.3, -0.25) is 24.0 Å². The van der Waals surface area contributed by atoms with Gasteiger partial charge in [0.1, 0.15) is 24.2 Å². The normalized spacial score (nSPS) is 13.6. The summed E-state index contributed by atoms with van der Waals surface area (Å²) >= 11 is 4.90. The quantitative estimate of drug-likeness (QED) is 0.0915. The number of primary amides is 1. The first kappa shape index (κ1) is 37.6. The van der Waals surface area contributed by atoms with Crippen LogP contribution in [0.1, 0.15) is 43.7 Å². The van der Waals surface area contributed by atoms with Crippen molar-refractivity contribution < 1.29 is 24.0 Å². The van der Waals surface area contributed by atoms with Gasteiger partial charge in [0.25, 0.3) is 0 Å². The molecule has 5 amide bonds. The molecule has 0 bridgehead atoms. The van der Waals surface area contributed by atoms with Crippen molar-refractivity contribution in [2.75, 3.05) is 18.6 Å². The molecule has 0 saturated heterocycles. The maximum Gasteiger partial charge on any atom is 0.243 e. The summed E-state index contributed by atoms with van der Waals surface area (Å²) in [6.45, 7) is 1.73. The van der Waals surface area contributed by atoms with Crippen molar-refractivity contribution in [2.24, 2.45) is 11.5 Å². The van der Waals surface area contributed by atoms with Crippen molar-refractivity contribution in [3.05, 3.63) is 70.3 Å². The van der Waals surface area contributed by atoms with Gasteiger partial charge in [-0.05, 0) is 73.6 Å². The highest BCUT2D eigenvalue weighted by Gasteiger charge is 2.31. The van der Waals surface area contributed by atoms with Crippen molar-refractivity contribution >= 4 is 68.1 Å². The highest BCUT2D eigenvalue weighted by atomic mass is 79.9. The van der Waals surface area contributed by atoms with Crippen LogP contribution in [0.3, 0.4) is 0 Å². The number of H-pyrrole nitrogens is 1. The van der Waals surface area contributed by atoms with E-state index < -0.39 is 53.7 Å². The smallest absolute Gasteiger partial charge is 0.243 e. The topological polar surface area (TPSA) is 201 Å². The van der Waals surface area contributed by atoms with Crippen LogP contribution in [0.25, 0.3) is 10.9 Å². The van der Waals surface area contributed by atoms with Crippen LogP contribution in [-0.4, -0.2) is 77.2 Å². The summed E-state index contributed by atoms with van der Waals surface area (Å²) in [7, 11) is 0. The number of aromatic nitrogens is 1. The van der Waals surface area contributed by atoms with Crippen LogP contribution in [-0.2, 0) is 36.8 Å². The molecule has 4 atom stereocenters. The Morgan fingerprint density at radius 2 is 1.49 bits per heavy atom. The van der Waals surface area contributed by atoms with Crippen LogP contribution in [0.2, 0.25) is 0 Å². The van der Waals surface area contributed by atoms with Gasteiger partial charge in [0.05, 0.1) is 0 Å². The molecule has 0 radical (unpaired) electrons. The Morgan fingerprint density at radius 3 is 2.13 bits per heavy atom. The second kappa shape index (κ2) is 19.1. The van der Waals surface area contributed by atoms with Crippen molar-refractivity contribution in [2.45, 2.75) is 69.6 Å². The number of carbonyl (C=O) groups is 5. The van der Waals surface area contributed by atoms with E-state index in [0.717, 1.165) is 26.5 Å². The van der Waals surface area contributed by atoms with E-state index in [4.69, 9.17) is 11.5 Å². The molecule has 14 heteroatoms. The van der Waals surface area contributed by atoms with E-state index in [9.17, 15) is 24.0 Å². The minimum Gasteiger partial charge on any atom is -0.368 e. The second-order valence-electron chi connectivity index (χ2n) is 11.3. The highest BCUT2D eigenvalue weighted by Crippen LogP contribution is 2.19. The van der Waals surface area contributed by atoms with E-state index in [-0.39, 0.29) is 25.7 Å². The SMILES string of the molecule is CSCC[C@H](NC(=O)[C@@H](Cc1c[nH]c2ccccc12)NC(C)=O)C(=O)N[C@@H](CCCCN)C(=O)N[C@@H](Cc1cccc(Br)c1)C(N)=O. The average molecular weight is 731 g/mol. The molecule has 9 N–H and O–H groups in total. The van der Waals surface area contributed by atoms with Crippen molar-refractivity contribution in [3.8, 4) is 0 Å². The Bertz CT molecular complexity index is 1530. The second-order valence-corrected chi connectivity index (χ2v) is 13.2. The molecule has 0 fully saturated rings. The third kappa shape index (κ3) is 12.0. The van der Waals surface area contributed by atoms with E-state index in [1.54, 1.807) is 6.20 Å². The van der Waals surface area contributed by atoms with Crippen LogP contribution >= 0.6 is 27.7 Å². The maximum absolute atomic E-state index is 13.7. The molecule has 0 spiro atoms. The average Bonchev–Trinajstić information content (AvgIpc) is 3.44. The van der Waals surface area contributed by atoms with E-state index >= 15 is 0 Å². The number of hydrogen-bond donors (Lipinski definition) is 7. The Kier molecular flexibility index (Phi) is 15.2. The number of rotatable bonds is 19. The molecule has 0 aliphatic heterocycles. The van der Waals surface area contributed by atoms with Crippen LogP contribution in [0.15, 0.2) is 59.2 Å². The lowest BCUT2D eigenvalue weighted by Crippen LogP contribution is -2.58. The van der Waals surface area contributed by atoms with Crippen LogP contribution in [0.4, 0.5) is 0 Å². The largest absolute Gasteiger partial charge is 0.368 e. The lowest BCUT2D eigenvalue weighted by Gasteiger charge is -2.26. The fraction of sp³-hybridized carbons (Fsp3) is 0.424. The maximum atomic E-state index is 13.7. The molecule has 0 saturated carbocycles. The van der Waals surface area contributed by atoms with Gasteiger partial charge in [-0.15, -0.1) is 0 Å². The molecular formula is C33H44BrN7O5S. The van der Waals surface area contributed by atoms with E-state index in [0.29, 0.717) is 25.1 Å². The summed E-state index contributed by atoms with van der Waals surface area (Å²) in [5.41, 5.74) is 13.8. The van der Waals surface area contributed by atoms with Crippen LogP contribution < -0.4 is 32.7 Å². The molecular weight excluding hydrogens is 686 g/mol. The summed E-state index contributed by atoms with van der Waals surface area (Å²) in [6.07, 6.45) is 5.74. The zero-order chi connectivity index (χ0) is 34.3. The number of amides is 5. The van der Waals surface area contributed by atoms with Gasteiger partial charge in [-0.25, -0.2) is 0 Å². The van der Waals surface area contributed by atoms with E-state index in [1.165, 1.54) is 18.7 Å². The number of halogens is 1. The standard InChI is InChI=1S/C33H44BrN7O5S/c1-20(42)38-29(18-22-19-37-25-11-4-3-10-24(22)25)33(46)40-27(13-15-47-2)32(45)39-26(12-5-6-14-35)31(44)41-28(30(36)43)17-21-8-7-9-23(34)16-21/h3-4,7-11,16,19,26-29,37H,5-6,12-15,17-18,35H2,1-2H3,(H2,36,43)(H,38,42)(H,39,45)(H,40,46)(H,41,44)/t26-,27-,28-,29+/m0/s1. The number of thioether (sulfide) groups is 1. The number of fused-ring (bicyclic) bond motifs is 1. The predicted octanol–water partition coefficient (Wildman–Crippen LogP) is 2.04. The van der Waals surface area contributed by atoms with Gasteiger partial charge in [-0.2, -0.15) is 11.8 Å². The van der Waals surface area contributed by atoms with Crippen molar-refractivity contribution in [1.29, 1.82) is 0 Å². The number of unbranched alkanes of at least 4 members (excludes halogenated alkanes) is 1. The Morgan fingerprint density at radius 1 is 0.830 bits per heavy atom. The zero-order valence-electron chi connectivity index (χ0n) is 26.6. The molecule has 1 heterocycles. The van der Waals surface area contributed by atoms with E-state index in [2.05, 4.69) is 42.2 Å². The first-order valence-electron chi connectivity index (χ1n) is 15.5. The fourth-order valence-corrected chi connectivity index (χ4v) is 6.10. The third-order valence-corrected chi connectivity index (χ3v) is 8.74. The highest BCUT2D eigenvalue weighted by molar-refractivity contribution is 9.10. The van der Waals surface area contributed by atoms with E-state index in [1.807, 2.05) is 54.8 Å². The number of nitrogens with two attached hydrogens (primary N) is 2. The van der Waals surface area contributed by atoms with Gasteiger partial charge in [-0.1, -0.05) is 46.3 Å². The van der Waals surface area contributed by atoms with Crippen LogP contribution in [0, 0.1) is 0 Å². The lowest BCUT2D eigenvalue weighted by molar-refractivity contribution is -0.134. The van der Waals surface area contributed by atoms with Crippen LogP contribution in [0.5, 0.6) is 0 Å². The molecule has 3 aromatic rings. The summed E-state index contributed by atoms with van der Waals surface area (Å²) in [5.74, 6) is -2.21. The van der Waals surface area contributed by atoms with Gasteiger partial charge >= 0.3 is 0 Å². The predicted molar refractivity (Wildman–Crippen MR) is 188 cm³/mol. The summed E-state index contributed by atoms with van der Waals surface area (Å²) in [5, 5.41) is 11.9. The first-order valence-corrected chi connectivity index (χ1v) is 17.7. The molecule has 2 aromatic carbocycles. The molecule has 0 aliphatic carbocycles. The first-order chi connectivity index (χ1) is 22.5. The molecule has 0 unspecified atom stereocenters. The minimum atomic E-state index is -1.01.